The van der Waals surface area contributed by atoms with E-state index in [1.54, 1.807) is 13.8 Å². The second-order valence-electron chi connectivity index (χ2n) is 6.76. The highest BCUT2D eigenvalue weighted by Crippen LogP contribution is 2.22. The minimum atomic E-state index is -0.279. The van der Waals surface area contributed by atoms with E-state index in [1.165, 1.54) is 0 Å². The Morgan fingerprint density at radius 3 is 2.27 bits per heavy atom. The minimum absolute atomic E-state index is 0.168. The van der Waals surface area contributed by atoms with E-state index in [1.807, 2.05) is 19.9 Å². The molecule has 4 nitrogen and oxygen atoms in total. The molecule has 0 aliphatic carbocycles. The Bertz CT molecular complexity index is 540. The maximum absolute atomic E-state index is 12.2. The number of ketones is 1. The maximum atomic E-state index is 12.2. The Balaban J connectivity index is 4.95. The Labute approximate surface area is 158 Å². The zero-order valence-electron chi connectivity index (χ0n) is 16.8. The molecular formula is C22H34O4. The summed E-state index contributed by atoms with van der Waals surface area (Å²) in [6.45, 7) is 11.7. The zero-order chi connectivity index (χ0) is 19.9. The molecule has 0 radical (unpaired) electrons. The number of carbonyl (C=O) groups excluding carboxylic acids is 3. The minimum Gasteiger partial charge on any atom is -0.463 e. The van der Waals surface area contributed by atoms with Crippen LogP contribution in [-0.2, 0) is 19.1 Å². The highest BCUT2D eigenvalue weighted by Gasteiger charge is 2.14. The molecule has 146 valence electrons. The highest BCUT2D eigenvalue weighted by atomic mass is 16.5. The van der Waals surface area contributed by atoms with Crippen LogP contribution in [0.25, 0.3) is 0 Å². The van der Waals surface area contributed by atoms with Gasteiger partial charge in [-0.3, -0.25) is 0 Å². The van der Waals surface area contributed by atoms with Gasteiger partial charge in [0.25, 0.3) is 0 Å². The lowest BCUT2D eigenvalue weighted by molar-refractivity contribution is -0.138. The molecule has 0 fully saturated rings. The summed E-state index contributed by atoms with van der Waals surface area (Å²) in [4.78, 5) is 33.9. The van der Waals surface area contributed by atoms with Gasteiger partial charge in [-0.15, -0.1) is 0 Å². The summed E-state index contributed by atoms with van der Waals surface area (Å²) in [6, 6.07) is 0. The molecule has 0 amide bonds. The molecule has 0 aromatic heterocycles. The van der Waals surface area contributed by atoms with Gasteiger partial charge >= 0.3 is 5.97 Å². The maximum Gasteiger partial charge on any atom is 0.333 e. The smallest absolute Gasteiger partial charge is 0.333 e. The average Bonchev–Trinajstić information content (AvgIpc) is 2.57. The third kappa shape index (κ3) is 11.6. The first-order valence-corrected chi connectivity index (χ1v) is 9.42. The summed E-state index contributed by atoms with van der Waals surface area (Å²) in [7, 11) is 0. The van der Waals surface area contributed by atoms with Crippen LogP contribution >= 0.6 is 0 Å². The molecule has 0 aliphatic rings. The van der Waals surface area contributed by atoms with Gasteiger partial charge in [-0.05, 0) is 65.7 Å². The number of aldehydes is 1. The first kappa shape index (κ1) is 24.0. The van der Waals surface area contributed by atoms with Crippen molar-refractivity contribution >= 4 is 18.0 Å². The van der Waals surface area contributed by atoms with Gasteiger partial charge in [0.05, 0.1) is 6.61 Å². The first-order valence-electron chi connectivity index (χ1n) is 9.42. The Kier molecular flexibility index (Phi) is 13.1. The molecule has 0 rings (SSSR count). The van der Waals surface area contributed by atoms with E-state index >= 15 is 0 Å². The van der Waals surface area contributed by atoms with Crippen molar-refractivity contribution in [3.05, 3.63) is 35.5 Å². The number of Topliss-reactive ketones (excluding diaryl/α,β-unsaturated/α-hetero) is 1. The molecule has 0 N–H and O–H groups in total. The van der Waals surface area contributed by atoms with Gasteiger partial charge < -0.3 is 14.3 Å². The van der Waals surface area contributed by atoms with Gasteiger partial charge in [0.2, 0.25) is 0 Å². The van der Waals surface area contributed by atoms with Gasteiger partial charge in [-0.2, -0.15) is 0 Å². The molecule has 0 aromatic rings. The predicted molar refractivity (Wildman–Crippen MR) is 106 cm³/mol. The van der Waals surface area contributed by atoms with Crippen molar-refractivity contribution in [2.24, 2.45) is 5.92 Å². The number of hydrogen-bond donors (Lipinski definition) is 0. The first-order chi connectivity index (χ1) is 12.3. The normalized spacial score (nSPS) is 13.2. The van der Waals surface area contributed by atoms with E-state index in [0.717, 1.165) is 36.7 Å². The second kappa shape index (κ2) is 14.2. The fraction of sp³-hybridized carbons (Fsp3) is 0.591. The summed E-state index contributed by atoms with van der Waals surface area (Å²) in [5, 5.41) is 0. The van der Waals surface area contributed by atoms with Gasteiger partial charge in [0.15, 0.2) is 0 Å². The lowest BCUT2D eigenvalue weighted by Gasteiger charge is -2.15. The third-order valence-electron chi connectivity index (χ3n) is 4.29. The van der Waals surface area contributed by atoms with Crippen molar-refractivity contribution in [3.63, 3.8) is 0 Å². The van der Waals surface area contributed by atoms with Crippen LogP contribution < -0.4 is 0 Å². The van der Waals surface area contributed by atoms with Crippen molar-refractivity contribution in [1.29, 1.82) is 0 Å². The predicted octanol–water partition coefficient (Wildman–Crippen LogP) is 5.13. The lowest BCUT2D eigenvalue weighted by atomic mass is 9.90. The van der Waals surface area contributed by atoms with E-state index in [9.17, 15) is 14.4 Å². The number of allylic oxidation sites excluding steroid dienone is 4. The molecule has 0 saturated carbocycles. The molecule has 0 spiro atoms. The van der Waals surface area contributed by atoms with Crippen LogP contribution in [0, 0.1) is 5.92 Å². The van der Waals surface area contributed by atoms with E-state index in [4.69, 9.17) is 4.74 Å². The lowest BCUT2D eigenvalue weighted by Crippen LogP contribution is -2.09. The molecule has 0 unspecified atom stereocenters. The van der Waals surface area contributed by atoms with Crippen LogP contribution in [-0.4, -0.2) is 24.6 Å². The molecule has 4 heteroatoms. The van der Waals surface area contributed by atoms with Crippen molar-refractivity contribution in [3.8, 4) is 0 Å². The Hall–Kier alpha value is -1.97. The van der Waals surface area contributed by atoms with Crippen LogP contribution in [0.1, 0.15) is 72.6 Å². The van der Waals surface area contributed by atoms with Crippen LogP contribution in [0.4, 0.5) is 0 Å². The monoisotopic (exact) mass is 362 g/mol. The molecule has 0 saturated heterocycles. The molecule has 0 bridgehead atoms. The third-order valence-corrected chi connectivity index (χ3v) is 4.29. The number of hydrogen-bond acceptors (Lipinski definition) is 4. The van der Waals surface area contributed by atoms with Gasteiger partial charge in [0.1, 0.15) is 12.1 Å². The fourth-order valence-electron chi connectivity index (χ4n) is 2.60. The number of ether oxygens (including phenoxy) is 1. The number of carbonyl (C=O) groups is 3. The van der Waals surface area contributed by atoms with E-state index in [-0.39, 0.29) is 17.7 Å². The van der Waals surface area contributed by atoms with Crippen molar-refractivity contribution in [2.45, 2.75) is 72.6 Å². The quantitative estimate of drug-likeness (QED) is 0.186. The molecule has 0 aliphatic heterocycles. The van der Waals surface area contributed by atoms with Crippen molar-refractivity contribution in [1.82, 2.24) is 0 Å². The molecule has 0 heterocycles. The largest absolute Gasteiger partial charge is 0.463 e. The summed E-state index contributed by atoms with van der Waals surface area (Å²) in [6.07, 6.45) is 9.51. The zero-order valence-corrected chi connectivity index (χ0v) is 16.8. The van der Waals surface area contributed by atoms with Crippen molar-refractivity contribution < 1.29 is 19.1 Å². The molecule has 0 aromatic carbocycles. The standard InChI is InChI=1S/C22H34O4/c1-6-26-22(25)21(11-7-9-18(4)10-8-16-23)15-14-20(17(2)3)13-12-19(5)24/h9,15-16,20H,2,6-8,10-14H2,1,3-5H3/b18-9+,21-15+/t20-/m1/s1. The average molecular weight is 363 g/mol. The van der Waals surface area contributed by atoms with Gasteiger partial charge in [-0.1, -0.05) is 29.9 Å². The summed E-state index contributed by atoms with van der Waals surface area (Å²) in [5.74, 6) is 0.0773. The summed E-state index contributed by atoms with van der Waals surface area (Å²) < 4.78 is 5.17. The van der Waals surface area contributed by atoms with Crippen LogP contribution in [0.15, 0.2) is 35.5 Å². The van der Waals surface area contributed by atoms with Crippen LogP contribution in [0.2, 0.25) is 0 Å². The fourth-order valence-corrected chi connectivity index (χ4v) is 2.60. The summed E-state index contributed by atoms with van der Waals surface area (Å²) in [5.41, 5.74) is 2.84. The Morgan fingerprint density at radius 1 is 1.04 bits per heavy atom. The van der Waals surface area contributed by atoms with Crippen LogP contribution in [0.3, 0.4) is 0 Å². The van der Waals surface area contributed by atoms with E-state index in [2.05, 4.69) is 12.7 Å². The Morgan fingerprint density at radius 2 is 1.73 bits per heavy atom. The topological polar surface area (TPSA) is 60.4 Å². The number of rotatable bonds is 14. The number of esters is 1. The van der Waals surface area contributed by atoms with E-state index < -0.39 is 0 Å². The van der Waals surface area contributed by atoms with E-state index in [0.29, 0.717) is 37.9 Å². The van der Waals surface area contributed by atoms with Gasteiger partial charge in [0, 0.05) is 18.4 Å². The molecular weight excluding hydrogens is 328 g/mol. The summed E-state index contributed by atoms with van der Waals surface area (Å²) >= 11 is 0. The second-order valence-corrected chi connectivity index (χ2v) is 6.76. The SMILES string of the molecule is C=C(C)[C@@H](C/C=C(\CC/C=C(\C)CCC=O)C(=O)OCC)CCC(C)=O. The van der Waals surface area contributed by atoms with Crippen molar-refractivity contribution in [2.75, 3.05) is 6.61 Å². The van der Waals surface area contributed by atoms with Gasteiger partial charge in [-0.25, -0.2) is 4.79 Å². The van der Waals surface area contributed by atoms with Crippen LogP contribution in [0.5, 0.6) is 0 Å². The molecule has 26 heavy (non-hydrogen) atoms. The highest BCUT2D eigenvalue weighted by molar-refractivity contribution is 5.88. The molecule has 1 atom stereocenters.